The van der Waals surface area contributed by atoms with E-state index < -0.39 is 0 Å². The molecule has 1 N–H and O–H groups in total. The number of fused-ring (bicyclic) bond motifs is 1. The number of nitrogens with one attached hydrogen (secondary N) is 1. The largest absolute Gasteiger partial charge is 0.278 e. The van der Waals surface area contributed by atoms with Crippen LogP contribution in [0.5, 0.6) is 0 Å². The molecule has 72 valence electrons. The molecule has 0 bridgehead atoms. The van der Waals surface area contributed by atoms with Gasteiger partial charge in [-0.3, -0.25) is 20.1 Å². The van der Waals surface area contributed by atoms with Gasteiger partial charge in [0.15, 0.2) is 0 Å². The average Bonchev–Trinajstić information content (AvgIpc) is 2.78. The highest BCUT2D eigenvalue weighted by atomic mass is 15.1. The summed E-state index contributed by atoms with van der Waals surface area (Å²) in [5.41, 5.74) is 2.50. The predicted molar refractivity (Wildman–Crippen MR) is 54.9 cm³/mol. The molecule has 15 heavy (non-hydrogen) atoms. The van der Waals surface area contributed by atoms with Gasteiger partial charge in [0.25, 0.3) is 0 Å². The van der Waals surface area contributed by atoms with Crippen LogP contribution in [-0.2, 0) is 0 Å². The molecule has 3 rings (SSSR count). The first-order valence-electron chi connectivity index (χ1n) is 4.49. The third-order valence-electron chi connectivity index (χ3n) is 2.17. The number of aromatic nitrogens is 5. The Morgan fingerprint density at radius 1 is 1.00 bits per heavy atom. The van der Waals surface area contributed by atoms with E-state index in [1.54, 1.807) is 31.0 Å². The minimum Gasteiger partial charge on any atom is -0.278 e. The fourth-order valence-electron chi connectivity index (χ4n) is 1.49. The van der Waals surface area contributed by atoms with Gasteiger partial charge in [-0.1, -0.05) is 0 Å². The maximum absolute atomic E-state index is 4.29. The van der Waals surface area contributed by atoms with E-state index >= 15 is 0 Å². The van der Waals surface area contributed by atoms with Gasteiger partial charge in [0, 0.05) is 24.0 Å². The third-order valence-corrected chi connectivity index (χ3v) is 2.17. The first-order valence-corrected chi connectivity index (χ1v) is 4.49. The normalized spacial score (nSPS) is 10.7. The molecule has 0 spiro atoms. The van der Waals surface area contributed by atoms with Crippen LogP contribution in [-0.4, -0.2) is 25.1 Å². The summed E-state index contributed by atoms with van der Waals surface area (Å²) >= 11 is 0. The number of rotatable bonds is 1. The van der Waals surface area contributed by atoms with Crippen molar-refractivity contribution >= 4 is 10.9 Å². The van der Waals surface area contributed by atoms with Gasteiger partial charge in [-0.25, -0.2) is 0 Å². The SMILES string of the molecule is c1cnc(-c2nccc3[nH]ncc23)cn1. The van der Waals surface area contributed by atoms with Crippen molar-refractivity contribution in [2.45, 2.75) is 0 Å². The molecule has 5 nitrogen and oxygen atoms in total. The zero-order valence-corrected chi connectivity index (χ0v) is 7.75. The summed E-state index contributed by atoms with van der Waals surface area (Å²) in [4.78, 5) is 12.5. The second kappa shape index (κ2) is 3.13. The van der Waals surface area contributed by atoms with E-state index in [1.807, 2.05) is 6.07 Å². The van der Waals surface area contributed by atoms with Gasteiger partial charge in [0.1, 0.15) is 11.4 Å². The van der Waals surface area contributed by atoms with Crippen LogP contribution < -0.4 is 0 Å². The molecule has 3 aromatic rings. The van der Waals surface area contributed by atoms with Crippen molar-refractivity contribution in [1.82, 2.24) is 25.1 Å². The number of hydrogen-bond donors (Lipinski definition) is 1. The van der Waals surface area contributed by atoms with Crippen molar-refractivity contribution < 1.29 is 0 Å². The zero-order valence-electron chi connectivity index (χ0n) is 7.75. The molecular formula is C10H7N5. The molecule has 0 saturated heterocycles. The van der Waals surface area contributed by atoms with E-state index in [0.717, 1.165) is 22.3 Å². The smallest absolute Gasteiger partial charge is 0.108 e. The molecule has 0 amide bonds. The van der Waals surface area contributed by atoms with Crippen LogP contribution in [0.2, 0.25) is 0 Å². The van der Waals surface area contributed by atoms with Crippen molar-refractivity contribution in [1.29, 1.82) is 0 Å². The van der Waals surface area contributed by atoms with Crippen LogP contribution in [0.4, 0.5) is 0 Å². The van der Waals surface area contributed by atoms with E-state index in [-0.39, 0.29) is 0 Å². The number of aromatic amines is 1. The molecule has 0 atom stereocenters. The van der Waals surface area contributed by atoms with Crippen molar-refractivity contribution in [2.24, 2.45) is 0 Å². The number of nitrogens with zero attached hydrogens (tertiary/aromatic N) is 4. The molecular weight excluding hydrogens is 190 g/mol. The van der Waals surface area contributed by atoms with E-state index in [4.69, 9.17) is 0 Å². The Kier molecular flexibility index (Phi) is 1.68. The summed E-state index contributed by atoms with van der Waals surface area (Å²) in [5, 5.41) is 7.82. The first-order chi connectivity index (χ1) is 7.45. The Hall–Kier alpha value is -2.30. The molecule has 3 aromatic heterocycles. The van der Waals surface area contributed by atoms with Gasteiger partial charge in [-0.2, -0.15) is 5.10 Å². The topological polar surface area (TPSA) is 67.3 Å². The van der Waals surface area contributed by atoms with E-state index in [1.165, 1.54) is 0 Å². The summed E-state index contributed by atoms with van der Waals surface area (Å²) < 4.78 is 0. The zero-order chi connectivity index (χ0) is 10.1. The molecule has 0 saturated carbocycles. The lowest BCUT2D eigenvalue weighted by Crippen LogP contribution is -1.88. The van der Waals surface area contributed by atoms with Gasteiger partial charge in [-0.05, 0) is 6.07 Å². The minimum atomic E-state index is 0.754. The van der Waals surface area contributed by atoms with E-state index in [9.17, 15) is 0 Å². The van der Waals surface area contributed by atoms with E-state index in [2.05, 4.69) is 25.1 Å². The van der Waals surface area contributed by atoms with Crippen molar-refractivity contribution in [2.75, 3.05) is 0 Å². The Bertz CT molecular complexity index is 587. The fraction of sp³-hybridized carbons (Fsp3) is 0. The Labute approximate surface area is 85.2 Å². The first kappa shape index (κ1) is 8.05. The highest BCUT2D eigenvalue weighted by Crippen LogP contribution is 2.21. The van der Waals surface area contributed by atoms with Crippen molar-refractivity contribution in [3.8, 4) is 11.4 Å². The molecule has 0 fully saturated rings. The van der Waals surface area contributed by atoms with Crippen LogP contribution >= 0.6 is 0 Å². The second-order valence-electron chi connectivity index (χ2n) is 3.08. The second-order valence-corrected chi connectivity index (χ2v) is 3.08. The molecule has 0 unspecified atom stereocenters. The van der Waals surface area contributed by atoms with Gasteiger partial charge in [-0.15, -0.1) is 0 Å². The van der Waals surface area contributed by atoms with Crippen LogP contribution in [0, 0.1) is 0 Å². The Morgan fingerprint density at radius 2 is 2.00 bits per heavy atom. The van der Waals surface area contributed by atoms with Gasteiger partial charge in [0.2, 0.25) is 0 Å². The lowest BCUT2D eigenvalue weighted by Gasteiger charge is -1.99. The monoisotopic (exact) mass is 197 g/mol. The fourth-order valence-corrected chi connectivity index (χ4v) is 1.49. The molecule has 0 aliphatic carbocycles. The average molecular weight is 197 g/mol. The summed E-state index contributed by atoms with van der Waals surface area (Å²) in [7, 11) is 0. The predicted octanol–water partition coefficient (Wildman–Crippen LogP) is 1.41. The van der Waals surface area contributed by atoms with Crippen molar-refractivity contribution in [3.63, 3.8) is 0 Å². The minimum absolute atomic E-state index is 0.754. The van der Waals surface area contributed by atoms with Crippen LogP contribution in [0.25, 0.3) is 22.3 Å². The molecule has 5 heteroatoms. The molecule has 0 aromatic carbocycles. The summed E-state index contributed by atoms with van der Waals surface area (Å²) in [6, 6.07) is 1.88. The molecule has 0 aliphatic rings. The molecule has 0 aliphatic heterocycles. The maximum atomic E-state index is 4.29. The van der Waals surface area contributed by atoms with Gasteiger partial charge in [0.05, 0.1) is 17.9 Å². The summed E-state index contributed by atoms with van der Waals surface area (Å²) in [5.74, 6) is 0. The lowest BCUT2D eigenvalue weighted by molar-refractivity contribution is 1.12. The summed E-state index contributed by atoms with van der Waals surface area (Å²) in [6.45, 7) is 0. The number of H-pyrrole nitrogens is 1. The summed E-state index contributed by atoms with van der Waals surface area (Å²) in [6.07, 6.45) is 8.45. The number of pyridine rings is 1. The lowest BCUT2D eigenvalue weighted by atomic mass is 10.2. The van der Waals surface area contributed by atoms with Crippen molar-refractivity contribution in [3.05, 3.63) is 37.1 Å². The van der Waals surface area contributed by atoms with Gasteiger partial charge < -0.3 is 0 Å². The Balaban J connectivity index is 2.31. The standard InChI is InChI=1S/C10H7N5/c1-2-13-10(7-5-14-15-8(1)7)9-6-11-3-4-12-9/h1-6H,(H,14,15). The number of hydrogen-bond acceptors (Lipinski definition) is 4. The van der Waals surface area contributed by atoms with Gasteiger partial charge >= 0.3 is 0 Å². The highest BCUT2D eigenvalue weighted by Gasteiger charge is 2.06. The highest BCUT2D eigenvalue weighted by molar-refractivity contribution is 5.90. The molecule has 0 radical (unpaired) electrons. The molecule has 3 heterocycles. The van der Waals surface area contributed by atoms with Crippen LogP contribution in [0.15, 0.2) is 37.1 Å². The Morgan fingerprint density at radius 3 is 2.87 bits per heavy atom. The third kappa shape index (κ3) is 1.25. The van der Waals surface area contributed by atoms with Crippen LogP contribution in [0.3, 0.4) is 0 Å². The quantitative estimate of drug-likeness (QED) is 0.640. The maximum Gasteiger partial charge on any atom is 0.108 e. The van der Waals surface area contributed by atoms with E-state index in [0.29, 0.717) is 0 Å². The van der Waals surface area contributed by atoms with Crippen LogP contribution in [0.1, 0.15) is 0 Å².